The zero-order valence-corrected chi connectivity index (χ0v) is 14.9. The van der Waals surface area contributed by atoms with Crippen molar-refractivity contribution in [3.8, 4) is 17.2 Å². The number of aliphatic carboxylic acids is 1. The zero-order valence-electron chi connectivity index (χ0n) is 12.6. The summed E-state index contributed by atoms with van der Waals surface area (Å²) in [6.07, 6.45) is -1.01. The van der Waals surface area contributed by atoms with Gasteiger partial charge in [0.2, 0.25) is 11.6 Å². The van der Waals surface area contributed by atoms with Crippen molar-refractivity contribution in [1.82, 2.24) is 0 Å². The molecule has 0 saturated heterocycles. The average molecular weight is 449 g/mol. The molecule has 0 aliphatic carbocycles. The van der Waals surface area contributed by atoms with Crippen LogP contribution in [0.5, 0.6) is 17.2 Å². The van der Waals surface area contributed by atoms with Gasteiger partial charge in [-0.3, -0.25) is 19.7 Å². The van der Waals surface area contributed by atoms with Gasteiger partial charge in [-0.15, -0.1) is 0 Å². The summed E-state index contributed by atoms with van der Waals surface area (Å²) in [5.74, 6) is -5.60. The maximum absolute atomic E-state index is 14.6. The monoisotopic (exact) mass is 447 g/mol. The van der Waals surface area contributed by atoms with Gasteiger partial charge >= 0.3 is 17.6 Å². The molecule has 0 heterocycles. The van der Waals surface area contributed by atoms with Crippen LogP contribution in [0.4, 0.5) is 10.1 Å². The van der Waals surface area contributed by atoms with Gasteiger partial charge in [0, 0.05) is 15.6 Å². The Morgan fingerprint density at radius 2 is 2.00 bits per heavy atom. The van der Waals surface area contributed by atoms with Gasteiger partial charge in [-0.25, -0.2) is 0 Å². The van der Waals surface area contributed by atoms with Gasteiger partial charge in [0.15, 0.2) is 5.75 Å². The SMILES string of the molecule is O=C(O)CC(=O)Oc1ccc([N+](=O)[O-])c(Oc2cc(Cl)cc(Br)c2)c1F. The first-order valence-corrected chi connectivity index (χ1v) is 7.87. The second-order valence-corrected chi connectivity index (χ2v) is 6.09. The lowest BCUT2D eigenvalue weighted by molar-refractivity contribution is -0.385. The minimum Gasteiger partial charge on any atom is -0.481 e. The molecule has 8 nitrogen and oxygen atoms in total. The van der Waals surface area contributed by atoms with Crippen LogP contribution in [0.1, 0.15) is 6.42 Å². The number of benzene rings is 2. The van der Waals surface area contributed by atoms with Crippen LogP contribution < -0.4 is 9.47 Å². The first kappa shape index (κ1) is 19.6. The third kappa shape index (κ3) is 4.90. The highest BCUT2D eigenvalue weighted by atomic mass is 79.9. The number of halogens is 3. The molecular weight excluding hydrogens is 441 g/mol. The molecule has 0 spiro atoms. The summed E-state index contributed by atoms with van der Waals surface area (Å²) in [7, 11) is 0. The van der Waals surface area contributed by atoms with Gasteiger partial charge in [0.05, 0.1) is 4.92 Å². The van der Waals surface area contributed by atoms with Crippen molar-refractivity contribution in [3.05, 3.63) is 55.8 Å². The van der Waals surface area contributed by atoms with Crippen LogP contribution in [0.3, 0.4) is 0 Å². The van der Waals surface area contributed by atoms with Crippen molar-refractivity contribution in [3.63, 3.8) is 0 Å². The number of esters is 1. The minimum absolute atomic E-state index is 0.0135. The summed E-state index contributed by atoms with van der Waals surface area (Å²) in [5, 5.41) is 19.9. The third-order valence-corrected chi connectivity index (χ3v) is 3.49. The highest BCUT2D eigenvalue weighted by molar-refractivity contribution is 9.10. The molecule has 0 amide bonds. The normalized spacial score (nSPS) is 10.3. The quantitative estimate of drug-likeness (QED) is 0.230. The summed E-state index contributed by atoms with van der Waals surface area (Å²) < 4.78 is 24.9. The van der Waals surface area contributed by atoms with E-state index in [1.165, 1.54) is 18.2 Å². The first-order chi connectivity index (χ1) is 12.2. The Morgan fingerprint density at radius 1 is 1.31 bits per heavy atom. The van der Waals surface area contributed by atoms with E-state index in [-0.39, 0.29) is 10.8 Å². The molecule has 136 valence electrons. The molecule has 2 aromatic rings. The highest BCUT2D eigenvalue weighted by Crippen LogP contribution is 2.39. The summed E-state index contributed by atoms with van der Waals surface area (Å²) in [6, 6.07) is 5.88. The predicted octanol–water partition coefficient (Wildman–Crippen LogP) is 4.32. The number of rotatable bonds is 6. The maximum atomic E-state index is 14.6. The van der Waals surface area contributed by atoms with E-state index in [1.807, 2.05) is 0 Å². The summed E-state index contributed by atoms with van der Waals surface area (Å²) >= 11 is 8.99. The molecule has 0 saturated carbocycles. The highest BCUT2D eigenvalue weighted by Gasteiger charge is 2.26. The fourth-order valence-corrected chi connectivity index (χ4v) is 2.66. The zero-order chi connectivity index (χ0) is 19.4. The van der Waals surface area contributed by atoms with Crippen molar-refractivity contribution >= 4 is 45.2 Å². The van der Waals surface area contributed by atoms with E-state index in [9.17, 15) is 24.1 Å². The van der Waals surface area contributed by atoms with E-state index < -0.39 is 46.3 Å². The molecule has 2 rings (SSSR count). The number of nitro benzene ring substituents is 1. The van der Waals surface area contributed by atoms with Crippen LogP contribution in [0.25, 0.3) is 0 Å². The Balaban J connectivity index is 2.44. The molecule has 0 bridgehead atoms. The van der Waals surface area contributed by atoms with Gasteiger partial charge < -0.3 is 14.6 Å². The van der Waals surface area contributed by atoms with Gasteiger partial charge in [-0.2, -0.15) is 4.39 Å². The van der Waals surface area contributed by atoms with Gasteiger partial charge in [-0.05, 0) is 24.3 Å². The average Bonchev–Trinajstić information content (AvgIpc) is 2.49. The van der Waals surface area contributed by atoms with Crippen LogP contribution in [0.15, 0.2) is 34.8 Å². The lowest BCUT2D eigenvalue weighted by Crippen LogP contribution is -2.14. The molecule has 0 fully saturated rings. The number of nitro groups is 1. The molecule has 0 aliphatic rings. The number of carbonyl (C=O) groups excluding carboxylic acids is 1. The van der Waals surface area contributed by atoms with Crippen LogP contribution in [-0.4, -0.2) is 22.0 Å². The van der Waals surface area contributed by atoms with E-state index >= 15 is 0 Å². The molecule has 0 aliphatic heterocycles. The lowest BCUT2D eigenvalue weighted by atomic mass is 10.2. The van der Waals surface area contributed by atoms with Crippen molar-refractivity contribution in [2.75, 3.05) is 0 Å². The fourth-order valence-electron chi connectivity index (χ4n) is 1.83. The summed E-state index contributed by atoms with van der Waals surface area (Å²) in [6.45, 7) is 0. The van der Waals surface area contributed by atoms with Crippen LogP contribution in [0.2, 0.25) is 5.02 Å². The minimum atomic E-state index is -1.47. The van der Waals surface area contributed by atoms with Crippen molar-refractivity contribution in [1.29, 1.82) is 0 Å². The molecule has 0 aromatic heterocycles. The number of hydrogen-bond acceptors (Lipinski definition) is 6. The standard InChI is InChI=1S/C15H8BrClFNO7/c16-7-3-8(17)5-9(4-7)25-15-10(19(23)24)1-2-11(14(15)18)26-13(22)6-12(20)21/h1-5H,6H2,(H,20,21). The maximum Gasteiger partial charge on any atom is 0.322 e. The number of ether oxygens (including phenoxy) is 2. The van der Waals surface area contributed by atoms with Crippen molar-refractivity contribution in [2.45, 2.75) is 6.42 Å². The van der Waals surface area contributed by atoms with E-state index in [0.717, 1.165) is 12.1 Å². The molecule has 1 N–H and O–H groups in total. The van der Waals surface area contributed by atoms with Gasteiger partial charge in [-0.1, -0.05) is 27.5 Å². The second kappa shape index (κ2) is 8.11. The molecule has 11 heteroatoms. The van der Waals surface area contributed by atoms with Crippen LogP contribution in [0, 0.1) is 15.9 Å². The van der Waals surface area contributed by atoms with E-state index in [1.54, 1.807) is 0 Å². The number of carboxylic acids is 1. The fraction of sp³-hybridized carbons (Fsp3) is 0.0667. The smallest absolute Gasteiger partial charge is 0.322 e. The Bertz CT molecular complexity index is 886. The number of carbonyl (C=O) groups is 2. The Morgan fingerprint density at radius 3 is 2.58 bits per heavy atom. The van der Waals surface area contributed by atoms with Crippen LogP contribution in [-0.2, 0) is 9.59 Å². The molecule has 0 radical (unpaired) electrons. The molecular formula is C15H8BrClFNO7. The van der Waals surface area contributed by atoms with Crippen LogP contribution >= 0.6 is 27.5 Å². The molecule has 0 unspecified atom stereocenters. The largest absolute Gasteiger partial charge is 0.481 e. The van der Waals surface area contributed by atoms with Crippen molar-refractivity contribution < 1.29 is 33.5 Å². The summed E-state index contributed by atoms with van der Waals surface area (Å²) in [4.78, 5) is 32.1. The number of carboxylic acid groups (broad SMARTS) is 1. The molecule has 26 heavy (non-hydrogen) atoms. The third-order valence-electron chi connectivity index (χ3n) is 2.81. The topological polar surface area (TPSA) is 116 Å². The van der Waals surface area contributed by atoms with Gasteiger partial charge in [0.25, 0.3) is 0 Å². The van der Waals surface area contributed by atoms with Crippen molar-refractivity contribution in [2.24, 2.45) is 0 Å². The molecule has 2 aromatic carbocycles. The van der Waals surface area contributed by atoms with E-state index in [4.69, 9.17) is 21.4 Å². The van der Waals surface area contributed by atoms with E-state index in [0.29, 0.717) is 4.47 Å². The number of nitrogens with zero attached hydrogens (tertiary/aromatic N) is 1. The second-order valence-electron chi connectivity index (χ2n) is 4.73. The Hall–Kier alpha value is -2.72. The van der Waals surface area contributed by atoms with E-state index in [2.05, 4.69) is 20.7 Å². The number of hydrogen-bond donors (Lipinski definition) is 1. The van der Waals surface area contributed by atoms with Gasteiger partial charge in [0.1, 0.15) is 12.2 Å². The Kier molecular flexibility index (Phi) is 6.11. The lowest BCUT2D eigenvalue weighted by Gasteiger charge is -2.11. The molecule has 0 atom stereocenters. The summed E-state index contributed by atoms with van der Waals surface area (Å²) in [5.41, 5.74) is -0.725. The predicted molar refractivity (Wildman–Crippen MR) is 90.2 cm³/mol. The Labute approximate surface area is 158 Å². The first-order valence-electron chi connectivity index (χ1n) is 6.70.